The lowest BCUT2D eigenvalue weighted by Gasteiger charge is -2.06. The molecular formula is C11H10N4O2S. The van der Waals surface area contributed by atoms with Crippen LogP contribution in [-0.4, -0.2) is 28.5 Å². The number of amides is 2. The Morgan fingerprint density at radius 1 is 1.17 bits per heavy atom. The van der Waals surface area contributed by atoms with E-state index in [1.54, 1.807) is 12.3 Å². The summed E-state index contributed by atoms with van der Waals surface area (Å²) in [5, 5.41) is 8.44. The molecular weight excluding hydrogens is 252 g/mol. The van der Waals surface area contributed by atoms with Gasteiger partial charge in [-0.2, -0.15) is 0 Å². The predicted molar refractivity (Wildman–Crippen MR) is 68.5 cm³/mol. The summed E-state index contributed by atoms with van der Waals surface area (Å²) in [5.74, 6) is -0.414. The maximum absolute atomic E-state index is 11.8. The van der Waals surface area contributed by atoms with Crippen LogP contribution in [-0.2, 0) is 4.79 Å². The van der Waals surface area contributed by atoms with Gasteiger partial charge in [0, 0.05) is 18.3 Å². The van der Waals surface area contributed by atoms with Crippen LogP contribution in [0.15, 0.2) is 18.0 Å². The maximum Gasteiger partial charge on any atom is 0.274 e. The molecule has 0 aliphatic carbocycles. The van der Waals surface area contributed by atoms with E-state index in [0.29, 0.717) is 29.5 Å². The number of thiocarbonyl (C=S) groups is 1. The first-order valence-electron chi connectivity index (χ1n) is 5.48. The van der Waals surface area contributed by atoms with Gasteiger partial charge in [-0.3, -0.25) is 14.9 Å². The Bertz CT molecular complexity index is 602. The van der Waals surface area contributed by atoms with Gasteiger partial charge < -0.3 is 15.6 Å². The van der Waals surface area contributed by atoms with Gasteiger partial charge in [-0.1, -0.05) is 0 Å². The molecule has 2 aliphatic rings. The molecule has 7 heteroatoms. The van der Waals surface area contributed by atoms with Crippen molar-refractivity contribution in [3.05, 3.63) is 29.2 Å². The Morgan fingerprint density at radius 3 is 2.72 bits per heavy atom. The molecule has 1 aromatic rings. The van der Waals surface area contributed by atoms with E-state index in [1.165, 1.54) is 0 Å². The number of carbonyl (C=O) groups is 2. The minimum atomic E-state index is -0.253. The van der Waals surface area contributed by atoms with Gasteiger partial charge >= 0.3 is 0 Å². The highest BCUT2D eigenvalue weighted by atomic mass is 32.1. The molecule has 0 bridgehead atoms. The van der Waals surface area contributed by atoms with E-state index >= 15 is 0 Å². The number of aromatic amines is 1. The second-order valence-electron chi connectivity index (χ2n) is 4.03. The summed E-state index contributed by atoms with van der Waals surface area (Å²) in [4.78, 5) is 26.4. The third-order valence-corrected chi connectivity index (χ3v) is 3.16. The SMILES string of the molecule is O=C1NC(=S)N/C1=C1/CCNC(=O)c2[nH]ccc21. The van der Waals surface area contributed by atoms with Crippen molar-refractivity contribution in [2.24, 2.45) is 0 Å². The van der Waals surface area contributed by atoms with Crippen LogP contribution >= 0.6 is 12.2 Å². The number of rotatable bonds is 0. The van der Waals surface area contributed by atoms with E-state index in [-0.39, 0.29) is 11.8 Å². The van der Waals surface area contributed by atoms with Crippen molar-refractivity contribution in [2.45, 2.75) is 6.42 Å². The summed E-state index contributed by atoms with van der Waals surface area (Å²) in [5.41, 5.74) is 2.44. The first-order chi connectivity index (χ1) is 8.66. The Morgan fingerprint density at radius 2 is 2.00 bits per heavy atom. The lowest BCUT2D eigenvalue weighted by molar-refractivity contribution is -0.115. The summed E-state index contributed by atoms with van der Waals surface area (Å²) in [6, 6.07) is 1.79. The molecule has 18 heavy (non-hydrogen) atoms. The molecule has 4 N–H and O–H groups in total. The molecule has 0 unspecified atom stereocenters. The molecule has 1 fully saturated rings. The lowest BCUT2D eigenvalue weighted by Crippen LogP contribution is -2.22. The molecule has 2 aliphatic heterocycles. The topological polar surface area (TPSA) is 86.0 Å². The Kier molecular flexibility index (Phi) is 2.41. The number of fused-ring (bicyclic) bond motifs is 1. The van der Waals surface area contributed by atoms with E-state index in [2.05, 4.69) is 20.9 Å². The molecule has 2 amide bonds. The summed E-state index contributed by atoms with van der Waals surface area (Å²) in [6.07, 6.45) is 2.26. The van der Waals surface area contributed by atoms with Gasteiger partial charge in [-0.15, -0.1) is 0 Å². The third-order valence-electron chi connectivity index (χ3n) is 2.95. The first kappa shape index (κ1) is 11.0. The van der Waals surface area contributed by atoms with E-state index in [4.69, 9.17) is 12.2 Å². The van der Waals surface area contributed by atoms with Crippen LogP contribution in [0.5, 0.6) is 0 Å². The van der Waals surface area contributed by atoms with Crippen LogP contribution in [0.1, 0.15) is 22.5 Å². The fourth-order valence-corrected chi connectivity index (χ4v) is 2.37. The first-order valence-corrected chi connectivity index (χ1v) is 5.89. The van der Waals surface area contributed by atoms with Crippen molar-refractivity contribution in [3.63, 3.8) is 0 Å². The number of nitrogens with one attached hydrogen (secondary N) is 4. The van der Waals surface area contributed by atoms with Gasteiger partial charge in [-0.25, -0.2) is 0 Å². The van der Waals surface area contributed by atoms with Crippen molar-refractivity contribution < 1.29 is 9.59 Å². The molecule has 0 atom stereocenters. The highest BCUT2D eigenvalue weighted by molar-refractivity contribution is 7.80. The summed E-state index contributed by atoms with van der Waals surface area (Å²) in [7, 11) is 0. The predicted octanol–water partition coefficient (Wildman–Crippen LogP) is -0.136. The fourth-order valence-electron chi connectivity index (χ4n) is 2.17. The average Bonchev–Trinajstić information content (AvgIpc) is 2.88. The number of H-pyrrole nitrogens is 1. The summed E-state index contributed by atoms with van der Waals surface area (Å²) < 4.78 is 0. The Balaban J connectivity index is 2.16. The highest BCUT2D eigenvalue weighted by Crippen LogP contribution is 2.27. The largest absolute Gasteiger partial charge is 0.357 e. The number of hydrogen-bond acceptors (Lipinski definition) is 3. The third kappa shape index (κ3) is 1.60. The van der Waals surface area contributed by atoms with Crippen LogP contribution < -0.4 is 16.0 Å². The van der Waals surface area contributed by atoms with Crippen LogP contribution in [0.3, 0.4) is 0 Å². The molecule has 92 valence electrons. The lowest BCUT2D eigenvalue weighted by atomic mass is 10.0. The van der Waals surface area contributed by atoms with Crippen molar-refractivity contribution in [2.75, 3.05) is 6.54 Å². The molecule has 0 aromatic carbocycles. The fraction of sp³-hybridized carbons (Fsp3) is 0.182. The van der Waals surface area contributed by atoms with Gasteiger partial charge in [-0.05, 0) is 30.3 Å². The van der Waals surface area contributed by atoms with Crippen molar-refractivity contribution in [1.29, 1.82) is 0 Å². The molecule has 0 saturated carbocycles. The Labute approximate surface area is 108 Å². The zero-order valence-corrected chi connectivity index (χ0v) is 10.1. The molecule has 0 radical (unpaired) electrons. The normalized spacial score (nSPS) is 23.0. The zero-order valence-electron chi connectivity index (χ0n) is 9.29. The van der Waals surface area contributed by atoms with E-state index in [1.807, 2.05) is 0 Å². The van der Waals surface area contributed by atoms with Crippen molar-refractivity contribution >= 4 is 34.7 Å². The molecule has 6 nitrogen and oxygen atoms in total. The van der Waals surface area contributed by atoms with Gasteiger partial charge in [0.05, 0.1) is 0 Å². The quantitative estimate of drug-likeness (QED) is 0.387. The van der Waals surface area contributed by atoms with Gasteiger partial charge in [0.1, 0.15) is 11.4 Å². The molecule has 3 rings (SSSR count). The number of aromatic nitrogens is 1. The maximum atomic E-state index is 11.8. The zero-order chi connectivity index (χ0) is 12.7. The average molecular weight is 262 g/mol. The second kappa shape index (κ2) is 3.95. The van der Waals surface area contributed by atoms with Crippen LogP contribution in [0, 0.1) is 0 Å². The van der Waals surface area contributed by atoms with Crippen LogP contribution in [0.2, 0.25) is 0 Å². The van der Waals surface area contributed by atoms with E-state index in [0.717, 1.165) is 11.1 Å². The van der Waals surface area contributed by atoms with Crippen LogP contribution in [0.25, 0.3) is 5.57 Å². The molecule has 3 heterocycles. The second-order valence-corrected chi connectivity index (χ2v) is 4.44. The number of hydrogen-bond donors (Lipinski definition) is 4. The number of carbonyl (C=O) groups excluding carboxylic acids is 2. The standard InChI is InChI=1S/C11H10N4O2S/c16-9-7-5(1-3-12-7)6(2-4-13-9)8-10(17)15-11(18)14-8/h1,3,12H,2,4H2,(H,13,16)(H2,14,15,17,18)/b8-6-. The van der Waals surface area contributed by atoms with Gasteiger partial charge in [0.2, 0.25) is 0 Å². The minimum Gasteiger partial charge on any atom is -0.357 e. The van der Waals surface area contributed by atoms with E-state index < -0.39 is 0 Å². The molecule has 1 saturated heterocycles. The Hall–Kier alpha value is -2.15. The highest BCUT2D eigenvalue weighted by Gasteiger charge is 2.28. The molecule has 0 spiro atoms. The summed E-state index contributed by atoms with van der Waals surface area (Å²) in [6.45, 7) is 0.488. The van der Waals surface area contributed by atoms with Crippen LogP contribution in [0.4, 0.5) is 0 Å². The minimum absolute atomic E-state index is 0.161. The van der Waals surface area contributed by atoms with Crippen molar-refractivity contribution in [3.8, 4) is 0 Å². The van der Waals surface area contributed by atoms with Gasteiger partial charge in [0.25, 0.3) is 11.8 Å². The smallest absolute Gasteiger partial charge is 0.274 e. The van der Waals surface area contributed by atoms with Crippen molar-refractivity contribution in [1.82, 2.24) is 20.9 Å². The van der Waals surface area contributed by atoms with Gasteiger partial charge in [0.15, 0.2) is 5.11 Å². The summed E-state index contributed by atoms with van der Waals surface area (Å²) >= 11 is 4.91. The monoisotopic (exact) mass is 262 g/mol. The van der Waals surface area contributed by atoms with E-state index in [9.17, 15) is 9.59 Å². The molecule has 1 aromatic heterocycles.